The summed E-state index contributed by atoms with van der Waals surface area (Å²) in [6.45, 7) is 1.28. The third-order valence-electron chi connectivity index (χ3n) is 4.86. The van der Waals surface area contributed by atoms with Crippen molar-refractivity contribution in [1.29, 1.82) is 0 Å². The van der Waals surface area contributed by atoms with Gasteiger partial charge in [-0.3, -0.25) is 14.4 Å². The highest BCUT2D eigenvalue weighted by molar-refractivity contribution is 5.98. The maximum absolute atomic E-state index is 13.1. The summed E-state index contributed by atoms with van der Waals surface area (Å²) in [4.78, 5) is 36.5. The van der Waals surface area contributed by atoms with Crippen LogP contribution in [0.3, 0.4) is 0 Å². The van der Waals surface area contributed by atoms with Crippen LogP contribution in [0.25, 0.3) is 0 Å². The number of carbonyl (C=O) groups is 2. The van der Waals surface area contributed by atoms with E-state index in [1.807, 2.05) is 60.7 Å². The molecule has 0 saturated carbocycles. The molecular weight excluding hydrogens is 384 g/mol. The van der Waals surface area contributed by atoms with Gasteiger partial charge in [0, 0.05) is 17.7 Å². The fourth-order valence-electron chi connectivity index (χ4n) is 3.29. The molecule has 0 radical (unpaired) electrons. The molecule has 1 amide bonds. The first-order valence-electron chi connectivity index (χ1n) is 9.41. The summed E-state index contributed by atoms with van der Waals surface area (Å²) in [5.41, 5.74) is 1.61. The van der Waals surface area contributed by atoms with E-state index >= 15 is 0 Å². The Balaban J connectivity index is 2.14. The lowest BCUT2D eigenvalue weighted by Crippen LogP contribution is -2.37. The molecule has 7 heteroatoms. The van der Waals surface area contributed by atoms with Gasteiger partial charge in [-0.2, -0.15) is 0 Å². The number of hydrogen-bond acceptors (Lipinski definition) is 4. The standard InChI is InChI=1S/C23H22N2O5/c1-15-18(12-16-8-4-2-5-9-16)21(28)20(22(29)24-13-19(26)27)23(30)25(15)14-17-10-6-3-7-11-17/h2-11,28H,12-14H2,1H3,(H,24,29)(H,26,27). The Bertz CT molecular complexity index is 1120. The summed E-state index contributed by atoms with van der Waals surface area (Å²) in [6.07, 6.45) is 0.312. The predicted molar refractivity (Wildman–Crippen MR) is 112 cm³/mol. The first-order chi connectivity index (χ1) is 14.4. The van der Waals surface area contributed by atoms with Crippen molar-refractivity contribution in [3.8, 4) is 5.75 Å². The molecule has 30 heavy (non-hydrogen) atoms. The third-order valence-corrected chi connectivity index (χ3v) is 4.86. The van der Waals surface area contributed by atoms with Gasteiger partial charge in [0.2, 0.25) is 0 Å². The Labute approximate surface area is 173 Å². The summed E-state index contributed by atoms with van der Waals surface area (Å²) in [5.74, 6) is -2.59. The third kappa shape index (κ3) is 4.57. The topological polar surface area (TPSA) is 109 Å². The lowest BCUT2D eigenvalue weighted by Gasteiger charge is -2.19. The van der Waals surface area contributed by atoms with Crippen molar-refractivity contribution in [2.45, 2.75) is 19.9 Å². The van der Waals surface area contributed by atoms with Gasteiger partial charge in [-0.15, -0.1) is 0 Å². The fourth-order valence-corrected chi connectivity index (χ4v) is 3.29. The Morgan fingerprint density at radius 3 is 2.10 bits per heavy atom. The van der Waals surface area contributed by atoms with Crippen LogP contribution < -0.4 is 10.9 Å². The summed E-state index contributed by atoms with van der Waals surface area (Å²) in [6, 6.07) is 18.6. The summed E-state index contributed by atoms with van der Waals surface area (Å²) in [7, 11) is 0. The minimum atomic E-state index is -1.25. The zero-order chi connectivity index (χ0) is 21.7. The minimum absolute atomic E-state index is 0.215. The Hall–Kier alpha value is -3.87. The lowest BCUT2D eigenvalue weighted by atomic mass is 9.99. The number of aromatic hydroxyl groups is 1. The minimum Gasteiger partial charge on any atom is -0.507 e. The molecule has 1 aromatic heterocycles. The Morgan fingerprint density at radius 1 is 0.967 bits per heavy atom. The monoisotopic (exact) mass is 406 g/mol. The highest BCUT2D eigenvalue weighted by Gasteiger charge is 2.25. The number of rotatable bonds is 7. The van der Waals surface area contributed by atoms with Gasteiger partial charge in [0.1, 0.15) is 17.9 Å². The van der Waals surface area contributed by atoms with Crippen LogP contribution in [-0.4, -0.2) is 33.2 Å². The zero-order valence-electron chi connectivity index (χ0n) is 16.5. The molecule has 0 bridgehead atoms. The molecule has 0 aliphatic carbocycles. The summed E-state index contributed by atoms with van der Waals surface area (Å²) >= 11 is 0. The van der Waals surface area contributed by atoms with Gasteiger partial charge in [-0.1, -0.05) is 60.7 Å². The van der Waals surface area contributed by atoms with E-state index < -0.39 is 35.3 Å². The van der Waals surface area contributed by atoms with Gasteiger partial charge in [-0.05, 0) is 18.1 Å². The van der Waals surface area contributed by atoms with E-state index in [0.717, 1.165) is 11.1 Å². The average molecular weight is 406 g/mol. The van der Waals surface area contributed by atoms with Crippen LogP contribution in [0.4, 0.5) is 0 Å². The maximum atomic E-state index is 13.1. The van der Waals surface area contributed by atoms with Gasteiger partial charge in [-0.25, -0.2) is 0 Å². The van der Waals surface area contributed by atoms with E-state index in [1.165, 1.54) is 4.57 Å². The van der Waals surface area contributed by atoms with Crippen molar-refractivity contribution in [2.24, 2.45) is 0 Å². The molecule has 1 heterocycles. The highest BCUT2D eigenvalue weighted by Crippen LogP contribution is 2.26. The average Bonchev–Trinajstić information content (AvgIpc) is 2.74. The van der Waals surface area contributed by atoms with Crippen molar-refractivity contribution in [3.05, 3.63) is 99.0 Å². The number of carboxylic acid groups (broad SMARTS) is 1. The van der Waals surface area contributed by atoms with Crippen molar-refractivity contribution < 1.29 is 19.8 Å². The van der Waals surface area contributed by atoms with Crippen molar-refractivity contribution in [3.63, 3.8) is 0 Å². The van der Waals surface area contributed by atoms with E-state index in [-0.39, 0.29) is 6.54 Å². The second kappa shape index (κ2) is 9.09. The molecule has 3 rings (SSSR count). The van der Waals surface area contributed by atoms with E-state index in [4.69, 9.17) is 5.11 Å². The molecule has 0 spiro atoms. The fraction of sp³-hybridized carbons (Fsp3) is 0.174. The summed E-state index contributed by atoms with van der Waals surface area (Å²) < 4.78 is 1.43. The maximum Gasteiger partial charge on any atom is 0.322 e. The first kappa shape index (κ1) is 20.9. The highest BCUT2D eigenvalue weighted by atomic mass is 16.4. The Morgan fingerprint density at radius 2 is 1.53 bits per heavy atom. The predicted octanol–water partition coefficient (Wildman–Crippen LogP) is 2.32. The molecule has 3 N–H and O–H groups in total. The number of carboxylic acids is 1. The van der Waals surface area contributed by atoms with Gasteiger partial charge in [0.25, 0.3) is 11.5 Å². The quantitative estimate of drug-likeness (QED) is 0.558. The van der Waals surface area contributed by atoms with E-state index in [1.54, 1.807) is 6.92 Å². The number of benzene rings is 2. The SMILES string of the molecule is Cc1c(Cc2ccccc2)c(O)c(C(=O)NCC(=O)O)c(=O)n1Cc1ccccc1. The number of hydrogen-bond donors (Lipinski definition) is 3. The molecular formula is C23H22N2O5. The van der Waals surface area contributed by atoms with Crippen molar-refractivity contribution >= 4 is 11.9 Å². The number of aliphatic carboxylic acids is 1. The number of carbonyl (C=O) groups excluding carboxylic acids is 1. The van der Waals surface area contributed by atoms with Crippen molar-refractivity contribution in [1.82, 2.24) is 9.88 Å². The van der Waals surface area contributed by atoms with Crippen LogP contribution in [0.2, 0.25) is 0 Å². The van der Waals surface area contributed by atoms with Crippen LogP contribution in [0.1, 0.15) is 32.7 Å². The molecule has 2 aromatic carbocycles. The van der Waals surface area contributed by atoms with Crippen molar-refractivity contribution in [2.75, 3.05) is 6.54 Å². The van der Waals surface area contributed by atoms with Gasteiger partial charge >= 0.3 is 5.97 Å². The molecule has 154 valence electrons. The van der Waals surface area contributed by atoms with E-state index in [9.17, 15) is 19.5 Å². The molecule has 3 aromatic rings. The lowest BCUT2D eigenvalue weighted by molar-refractivity contribution is -0.135. The number of pyridine rings is 1. The smallest absolute Gasteiger partial charge is 0.322 e. The van der Waals surface area contributed by atoms with Gasteiger partial charge in [0.15, 0.2) is 0 Å². The van der Waals surface area contributed by atoms with Crippen LogP contribution in [0.5, 0.6) is 5.75 Å². The van der Waals surface area contributed by atoms with E-state index in [0.29, 0.717) is 17.7 Å². The van der Waals surface area contributed by atoms with E-state index in [2.05, 4.69) is 5.32 Å². The number of amides is 1. The van der Waals surface area contributed by atoms with Gasteiger partial charge in [0.05, 0.1) is 6.54 Å². The molecule has 0 fully saturated rings. The molecule has 0 aliphatic heterocycles. The van der Waals surface area contributed by atoms with Gasteiger partial charge < -0.3 is 20.1 Å². The largest absolute Gasteiger partial charge is 0.507 e. The molecule has 0 unspecified atom stereocenters. The number of nitrogens with zero attached hydrogens (tertiary/aromatic N) is 1. The second-order valence-corrected chi connectivity index (χ2v) is 6.90. The molecule has 7 nitrogen and oxygen atoms in total. The molecule has 0 aliphatic rings. The summed E-state index contributed by atoms with van der Waals surface area (Å²) in [5, 5.41) is 21.8. The first-order valence-corrected chi connectivity index (χ1v) is 9.41. The van der Waals surface area contributed by atoms with Crippen LogP contribution >= 0.6 is 0 Å². The molecule has 0 saturated heterocycles. The zero-order valence-corrected chi connectivity index (χ0v) is 16.5. The number of nitrogens with one attached hydrogen (secondary N) is 1. The van der Waals surface area contributed by atoms with Crippen LogP contribution in [0, 0.1) is 6.92 Å². The van der Waals surface area contributed by atoms with Crippen LogP contribution in [-0.2, 0) is 17.8 Å². The Kier molecular flexibility index (Phi) is 6.32. The molecule has 0 atom stereocenters. The number of aromatic nitrogens is 1. The second-order valence-electron chi connectivity index (χ2n) is 6.90. The van der Waals surface area contributed by atoms with Crippen LogP contribution in [0.15, 0.2) is 65.5 Å². The normalized spacial score (nSPS) is 10.6.